The number of hydrogen-bond donors (Lipinski definition) is 1. The topological polar surface area (TPSA) is 55.8 Å². The van der Waals surface area contributed by atoms with E-state index in [1.54, 1.807) is 0 Å². The number of cyclic esters (lactones) is 1. The molecule has 4 nitrogen and oxygen atoms in total. The van der Waals surface area contributed by atoms with Crippen LogP contribution in [0.15, 0.2) is 0 Å². The molecule has 0 spiro atoms. The van der Waals surface area contributed by atoms with Crippen molar-refractivity contribution < 1.29 is 19.4 Å². The van der Waals surface area contributed by atoms with Crippen molar-refractivity contribution in [2.24, 2.45) is 5.92 Å². The van der Waals surface area contributed by atoms with Crippen LogP contribution in [0.2, 0.25) is 0 Å². The highest BCUT2D eigenvalue weighted by atomic mass is 16.6. The minimum Gasteiger partial charge on any atom is -0.463 e. The summed E-state index contributed by atoms with van der Waals surface area (Å²) in [5, 5.41) is 9.29. The zero-order chi connectivity index (χ0) is 7.84. The van der Waals surface area contributed by atoms with Crippen LogP contribution in [-0.4, -0.2) is 36.5 Å². The van der Waals surface area contributed by atoms with Crippen LogP contribution >= 0.6 is 0 Å². The Balaban J connectivity index is 2.13. The van der Waals surface area contributed by atoms with Crippen LogP contribution < -0.4 is 0 Å². The van der Waals surface area contributed by atoms with Crippen LogP contribution in [0.25, 0.3) is 0 Å². The molecule has 2 bridgehead atoms. The molecule has 2 aliphatic rings. The lowest BCUT2D eigenvalue weighted by atomic mass is 10.1. The maximum absolute atomic E-state index is 11.0. The average molecular weight is 158 g/mol. The normalized spacial score (nSPS) is 43.4. The fourth-order valence-electron chi connectivity index (χ4n) is 1.48. The molecule has 62 valence electrons. The number of aliphatic hydroxyl groups excluding tert-OH is 1. The maximum Gasteiger partial charge on any atom is 0.311 e. The van der Waals surface area contributed by atoms with Gasteiger partial charge in [-0.1, -0.05) is 0 Å². The Morgan fingerprint density at radius 1 is 1.45 bits per heavy atom. The van der Waals surface area contributed by atoms with E-state index < -0.39 is 6.10 Å². The standard InChI is InChI=1S/C7H10O4/c8-5-3-11-7(9)4-1-6(5)10-2-4/h4-6,8H,1-3H2. The molecule has 2 heterocycles. The van der Waals surface area contributed by atoms with Crippen LogP contribution in [0, 0.1) is 5.92 Å². The molecule has 0 aromatic rings. The van der Waals surface area contributed by atoms with Crippen molar-refractivity contribution in [3.8, 4) is 0 Å². The fourth-order valence-corrected chi connectivity index (χ4v) is 1.48. The molecule has 1 N–H and O–H groups in total. The predicted molar refractivity (Wildman–Crippen MR) is 34.8 cm³/mol. The third-order valence-corrected chi connectivity index (χ3v) is 2.19. The number of hydrogen-bond acceptors (Lipinski definition) is 4. The molecule has 3 atom stereocenters. The largest absolute Gasteiger partial charge is 0.463 e. The van der Waals surface area contributed by atoms with Crippen LogP contribution in [-0.2, 0) is 14.3 Å². The van der Waals surface area contributed by atoms with Gasteiger partial charge in [-0.05, 0) is 6.42 Å². The SMILES string of the molecule is O=C1OCC(O)C2CC1CO2. The van der Waals surface area contributed by atoms with E-state index in [0.29, 0.717) is 13.0 Å². The molecule has 2 aliphatic heterocycles. The second-order valence-electron chi connectivity index (χ2n) is 3.00. The Bertz CT molecular complexity index is 179. The highest BCUT2D eigenvalue weighted by Crippen LogP contribution is 2.26. The van der Waals surface area contributed by atoms with Gasteiger partial charge in [0.15, 0.2) is 0 Å². The minimum absolute atomic E-state index is 0.0833. The molecule has 11 heavy (non-hydrogen) atoms. The van der Waals surface area contributed by atoms with Gasteiger partial charge >= 0.3 is 5.97 Å². The first-order chi connectivity index (χ1) is 5.27. The summed E-state index contributed by atoms with van der Waals surface area (Å²) in [7, 11) is 0. The molecule has 0 aromatic heterocycles. The number of aliphatic hydroxyl groups is 1. The lowest BCUT2D eigenvalue weighted by Gasteiger charge is -2.15. The van der Waals surface area contributed by atoms with E-state index in [0.717, 1.165) is 0 Å². The van der Waals surface area contributed by atoms with Gasteiger partial charge in [-0.25, -0.2) is 0 Å². The van der Waals surface area contributed by atoms with Crippen molar-refractivity contribution in [2.75, 3.05) is 13.2 Å². The average Bonchev–Trinajstić information content (AvgIpc) is 2.42. The van der Waals surface area contributed by atoms with Crippen LogP contribution in [0.3, 0.4) is 0 Å². The third kappa shape index (κ3) is 1.12. The van der Waals surface area contributed by atoms with Crippen molar-refractivity contribution in [2.45, 2.75) is 18.6 Å². The molecule has 2 saturated heterocycles. The van der Waals surface area contributed by atoms with Gasteiger partial charge in [-0.15, -0.1) is 0 Å². The summed E-state index contributed by atoms with van der Waals surface area (Å²) in [6.45, 7) is 0.487. The first-order valence-electron chi connectivity index (χ1n) is 3.73. The lowest BCUT2D eigenvalue weighted by molar-refractivity contribution is -0.154. The molecular formula is C7H10O4. The summed E-state index contributed by atoms with van der Waals surface area (Å²) in [5.74, 6) is -0.374. The second kappa shape index (κ2) is 2.46. The number of carbonyl (C=O) groups is 1. The smallest absolute Gasteiger partial charge is 0.311 e. The summed E-state index contributed by atoms with van der Waals surface area (Å²) in [5.41, 5.74) is 0. The second-order valence-corrected chi connectivity index (χ2v) is 3.00. The zero-order valence-electron chi connectivity index (χ0n) is 6.03. The molecular weight excluding hydrogens is 148 g/mol. The van der Waals surface area contributed by atoms with Crippen LogP contribution in [0.1, 0.15) is 6.42 Å². The van der Waals surface area contributed by atoms with Gasteiger partial charge in [0.1, 0.15) is 12.7 Å². The minimum atomic E-state index is -0.633. The number of ether oxygens (including phenoxy) is 2. The van der Waals surface area contributed by atoms with Gasteiger partial charge in [0.05, 0.1) is 18.6 Å². The summed E-state index contributed by atoms with van der Waals surface area (Å²) in [6.07, 6.45) is -0.210. The lowest BCUT2D eigenvalue weighted by Crippen LogP contribution is -2.30. The maximum atomic E-state index is 11.0. The van der Waals surface area contributed by atoms with Crippen LogP contribution in [0.5, 0.6) is 0 Å². The van der Waals surface area contributed by atoms with Gasteiger partial charge in [0.25, 0.3) is 0 Å². The molecule has 2 fully saturated rings. The Hall–Kier alpha value is -0.610. The molecule has 0 saturated carbocycles. The molecule has 3 unspecified atom stereocenters. The van der Waals surface area contributed by atoms with Crippen molar-refractivity contribution >= 4 is 5.97 Å². The van der Waals surface area contributed by atoms with Crippen molar-refractivity contribution in [3.05, 3.63) is 0 Å². The van der Waals surface area contributed by atoms with E-state index in [2.05, 4.69) is 0 Å². The van der Waals surface area contributed by atoms with E-state index in [9.17, 15) is 9.90 Å². The quantitative estimate of drug-likeness (QED) is 0.474. The van der Waals surface area contributed by atoms with E-state index in [1.807, 2.05) is 0 Å². The summed E-state index contributed by atoms with van der Waals surface area (Å²) < 4.78 is 9.97. The monoisotopic (exact) mass is 158 g/mol. The van der Waals surface area contributed by atoms with Gasteiger partial charge in [0.2, 0.25) is 0 Å². The van der Waals surface area contributed by atoms with E-state index in [-0.39, 0.29) is 24.6 Å². The Kier molecular flexibility index (Phi) is 1.58. The fraction of sp³-hybridized carbons (Fsp3) is 0.857. The van der Waals surface area contributed by atoms with Gasteiger partial charge in [0, 0.05) is 0 Å². The molecule has 0 radical (unpaired) electrons. The first-order valence-corrected chi connectivity index (χ1v) is 3.73. The van der Waals surface area contributed by atoms with Crippen molar-refractivity contribution in [3.63, 3.8) is 0 Å². The number of rotatable bonds is 0. The van der Waals surface area contributed by atoms with Crippen LogP contribution in [0.4, 0.5) is 0 Å². The Morgan fingerprint density at radius 2 is 2.27 bits per heavy atom. The number of fused-ring (bicyclic) bond motifs is 2. The molecule has 2 rings (SSSR count). The summed E-state index contributed by atoms with van der Waals surface area (Å²) in [6, 6.07) is 0. The highest BCUT2D eigenvalue weighted by Gasteiger charge is 2.39. The van der Waals surface area contributed by atoms with Gasteiger partial charge in [-0.2, -0.15) is 0 Å². The van der Waals surface area contributed by atoms with E-state index in [4.69, 9.17) is 9.47 Å². The highest BCUT2D eigenvalue weighted by molar-refractivity contribution is 5.73. The molecule has 0 amide bonds. The molecule has 0 aromatic carbocycles. The van der Waals surface area contributed by atoms with Crippen molar-refractivity contribution in [1.82, 2.24) is 0 Å². The summed E-state index contributed by atoms with van der Waals surface area (Å²) in [4.78, 5) is 11.0. The first kappa shape index (κ1) is 7.06. The Labute approximate surface area is 64.1 Å². The Morgan fingerprint density at radius 3 is 3.09 bits per heavy atom. The van der Waals surface area contributed by atoms with Gasteiger partial charge in [-0.3, -0.25) is 4.79 Å². The molecule has 0 aliphatic carbocycles. The predicted octanol–water partition coefficient (Wildman–Crippen LogP) is -0.691. The van der Waals surface area contributed by atoms with Gasteiger partial charge < -0.3 is 14.6 Å². The van der Waals surface area contributed by atoms with E-state index in [1.165, 1.54) is 0 Å². The zero-order valence-corrected chi connectivity index (χ0v) is 6.03. The number of carbonyl (C=O) groups excluding carboxylic acids is 1. The summed E-state index contributed by atoms with van der Waals surface area (Å²) >= 11 is 0. The molecule has 4 heteroatoms. The van der Waals surface area contributed by atoms with E-state index >= 15 is 0 Å². The number of esters is 1. The third-order valence-electron chi connectivity index (χ3n) is 2.19. The van der Waals surface area contributed by atoms with Crippen molar-refractivity contribution in [1.29, 1.82) is 0 Å².